The molecule has 0 aliphatic rings. The van der Waals surface area contributed by atoms with E-state index in [0.29, 0.717) is 17.0 Å². The minimum Gasteiger partial charge on any atom is -0.495 e. The van der Waals surface area contributed by atoms with Crippen LogP contribution >= 0.6 is 0 Å². The molecule has 8 heteroatoms. The van der Waals surface area contributed by atoms with E-state index in [1.807, 2.05) is 13.0 Å². The molecule has 0 bridgehead atoms. The Balaban J connectivity index is 1.88. The molecule has 0 aliphatic carbocycles. The molecular weight excluding hydrogens is 430 g/mol. The molecule has 1 atom stereocenters. The summed E-state index contributed by atoms with van der Waals surface area (Å²) in [6.45, 7) is 1.88. The van der Waals surface area contributed by atoms with Crippen molar-refractivity contribution in [2.75, 3.05) is 18.7 Å². The molecule has 0 fully saturated rings. The quantitative estimate of drug-likeness (QED) is 0.544. The number of aryl methyl sites for hydroxylation is 1. The summed E-state index contributed by atoms with van der Waals surface area (Å²) >= 11 is 0. The van der Waals surface area contributed by atoms with E-state index in [0.717, 1.165) is 11.8 Å². The largest absolute Gasteiger partial charge is 0.495 e. The Morgan fingerprint density at radius 2 is 1.59 bits per heavy atom. The maximum absolute atomic E-state index is 13.1. The van der Waals surface area contributed by atoms with Crippen molar-refractivity contribution in [2.24, 2.45) is 0 Å². The average Bonchev–Trinajstić information content (AvgIpc) is 2.77. The van der Waals surface area contributed by atoms with Crippen LogP contribution in [0.15, 0.2) is 77.7 Å². The van der Waals surface area contributed by atoms with Crippen LogP contribution < -0.4 is 10.1 Å². The van der Waals surface area contributed by atoms with Gasteiger partial charge >= 0.3 is 5.97 Å². The lowest BCUT2D eigenvalue weighted by atomic mass is 10.1. The fraction of sp³-hybridized carbons (Fsp3) is 0.167. The van der Waals surface area contributed by atoms with Gasteiger partial charge in [0, 0.05) is 11.8 Å². The minimum absolute atomic E-state index is 0.0814. The van der Waals surface area contributed by atoms with Crippen LogP contribution in [0.2, 0.25) is 0 Å². The zero-order valence-electron chi connectivity index (χ0n) is 17.9. The lowest BCUT2D eigenvalue weighted by Crippen LogP contribution is -2.26. The lowest BCUT2D eigenvalue weighted by molar-refractivity contribution is -0.125. The van der Waals surface area contributed by atoms with Gasteiger partial charge in [-0.15, -0.1) is 0 Å². The Morgan fingerprint density at radius 3 is 2.19 bits per heavy atom. The first kappa shape index (κ1) is 23.0. The van der Waals surface area contributed by atoms with E-state index in [-0.39, 0.29) is 10.5 Å². The smallest absolute Gasteiger partial charge is 0.339 e. The number of nitrogens with one attached hydrogen (secondary N) is 1. The number of sulfone groups is 1. The second-order valence-electron chi connectivity index (χ2n) is 7.19. The van der Waals surface area contributed by atoms with E-state index >= 15 is 0 Å². The number of benzene rings is 3. The van der Waals surface area contributed by atoms with Crippen LogP contribution in [0.3, 0.4) is 0 Å². The second kappa shape index (κ2) is 9.65. The monoisotopic (exact) mass is 453 g/mol. The SMILES string of the molecule is COc1ccc(C)cc1NC(=O)C(OC(=O)c1ccc(S(C)(=O)=O)cc1)c1ccccc1. The third-order valence-electron chi connectivity index (χ3n) is 4.70. The summed E-state index contributed by atoms with van der Waals surface area (Å²) in [5.41, 5.74) is 1.98. The van der Waals surface area contributed by atoms with E-state index in [1.54, 1.807) is 42.5 Å². The predicted molar refractivity (Wildman–Crippen MR) is 121 cm³/mol. The highest BCUT2D eigenvalue weighted by Gasteiger charge is 2.26. The molecule has 0 saturated carbocycles. The number of hydrogen-bond acceptors (Lipinski definition) is 6. The molecule has 0 saturated heterocycles. The van der Waals surface area contributed by atoms with Gasteiger partial charge in [-0.1, -0.05) is 36.4 Å². The summed E-state index contributed by atoms with van der Waals surface area (Å²) in [6, 6.07) is 19.3. The summed E-state index contributed by atoms with van der Waals surface area (Å²) in [6.07, 6.45) is -0.154. The van der Waals surface area contributed by atoms with Crippen LogP contribution in [0.5, 0.6) is 5.75 Å². The van der Waals surface area contributed by atoms with E-state index in [4.69, 9.17) is 9.47 Å². The van der Waals surface area contributed by atoms with Crippen molar-refractivity contribution in [1.82, 2.24) is 0 Å². The normalized spacial score (nSPS) is 12.0. The van der Waals surface area contributed by atoms with Gasteiger partial charge < -0.3 is 14.8 Å². The van der Waals surface area contributed by atoms with E-state index in [2.05, 4.69) is 5.32 Å². The number of hydrogen-bond donors (Lipinski definition) is 1. The van der Waals surface area contributed by atoms with Crippen LogP contribution in [0.25, 0.3) is 0 Å². The number of amides is 1. The van der Waals surface area contributed by atoms with Crippen LogP contribution in [-0.4, -0.2) is 33.7 Å². The van der Waals surface area contributed by atoms with Gasteiger partial charge in [0.15, 0.2) is 9.84 Å². The fourth-order valence-corrected chi connectivity index (χ4v) is 3.66. The van der Waals surface area contributed by atoms with Gasteiger partial charge in [-0.2, -0.15) is 0 Å². The van der Waals surface area contributed by atoms with Crippen LogP contribution in [0.1, 0.15) is 27.6 Å². The Kier molecular flexibility index (Phi) is 6.95. The van der Waals surface area contributed by atoms with Crippen molar-refractivity contribution in [3.05, 3.63) is 89.5 Å². The molecule has 7 nitrogen and oxygen atoms in total. The third-order valence-corrected chi connectivity index (χ3v) is 5.82. The molecule has 3 aromatic carbocycles. The summed E-state index contributed by atoms with van der Waals surface area (Å²) in [5, 5.41) is 2.77. The first-order chi connectivity index (χ1) is 15.2. The van der Waals surface area contributed by atoms with Crippen LogP contribution in [-0.2, 0) is 19.4 Å². The number of methoxy groups -OCH3 is 1. The maximum atomic E-state index is 13.1. The Hall–Kier alpha value is -3.65. The second-order valence-corrected chi connectivity index (χ2v) is 9.20. The summed E-state index contributed by atoms with van der Waals surface area (Å²) in [4.78, 5) is 26.0. The van der Waals surface area contributed by atoms with Gasteiger partial charge in [0.2, 0.25) is 6.10 Å². The molecule has 1 unspecified atom stereocenters. The van der Waals surface area contributed by atoms with Crippen molar-refractivity contribution in [2.45, 2.75) is 17.9 Å². The Morgan fingerprint density at radius 1 is 0.938 bits per heavy atom. The zero-order valence-corrected chi connectivity index (χ0v) is 18.7. The van der Waals surface area contributed by atoms with Gasteiger partial charge in [0.05, 0.1) is 23.3 Å². The standard InChI is InChI=1S/C24H23NO6S/c1-16-9-14-21(30-2)20(15-16)25-23(26)22(17-7-5-4-6-8-17)31-24(27)18-10-12-19(13-11-18)32(3,28)29/h4-15,22H,1-3H3,(H,25,26). The molecule has 32 heavy (non-hydrogen) atoms. The van der Waals surface area contributed by atoms with E-state index in [1.165, 1.54) is 31.4 Å². The molecule has 166 valence electrons. The van der Waals surface area contributed by atoms with Gasteiger partial charge in [-0.25, -0.2) is 13.2 Å². The minimum atomic E-state index is -3.40. The van der Waals surface area contributed by atoms with Gasteiger partial charge in [-0.05, 0) is 48.9 Å². The number of esters is 1. The molecule has 0 radical (unpaired) electrons. The van der Waals surface area contributed by atoms with Crippen molar-refractivity contribution in [3.63, 3.8) is 0 Å². The number of carbonyl (C=O) groups is 2. The first-order valence-corrected chi connectivity index (χ1v) is 11.6. The highest BCUT2D eigenvalue weighted by molar-refractivity contribution is 7.90. The molecule has 3 rings (SSSR count). The average molecular weight is 454 g/mol. The summed E-state index contributed by atoms with van der Waals surface area (Å²) < 4.78 is 34.1. The number of rotatable bonds is 7. The van der Waals surface area contributed by atoms with E-state index < -0.39 is 27.8 Å². The van der Waals surface area contributed by atoms with E-state index in [9.17, 15) is 18.0 Å². The summed E-state index contributed by atoms with van der Waals surface area (Å²) in [5.74, 6) is -0.843. The third kappa shape index (κ3) is 5.53. The van der Waals surface area contributed by atoms with Crippen molar-refractivity contribution in [1.29, 1.82) is 0 Å². The number of carbonyl (C=O) groups excluding carboxylic acids is 2. The molecule has 0 spiro atoms. The molecular formula is C24H23NO6S. The Bertz CT molecular complexity index is 1220. The molecule has 3 aromatic rings. The van der Waals surface area contributed by atoms with Crippen LogP contribution in [0, 0.1) is 6.92 Å². The van der Waals surface area contributed by atoms with Gasteiger partial charge in [0.25, 0.3) is 5.91 Å². The highest BCUT2D eigenvalue weighted by atomic mass is 32.2. The number of anilines is 1. The molecule has 0 aliphatic heterocycles. The molecule has 1 amide bonds. The molecule has 0 aromatic heterocycles. The Labute approximate surface area is 186 Å². The van der Waals surface area contributed by atoms with Crippen molar-refractivity contribution < 1.29 is 27.5 Å². The van der Waals surface area contributed by atoms with Gasteiger partial charge in [0.1, 0.15) is 5.75 Å². The highest BCUT2D eigenvalue weighted by Crippen LogP contribution is 2.28. The maximum Gasteiger partial charge on any atom is 0.339 e. The zero-order chi connectivity index (χ0) is 23.3. The molecule has 1 N–H and O–H groups in total. The summed E-state index contributed by atoms with van der Waals surface area (Å²) in [7, 11) is -1.90. The first-order valence-electron chi connectivity index (χ1n) is 9.70. The van der Waals surface area contributed by atoms with Gasteiger partial charge in [-0.3, -0.25) is 4.79 Å². The van der Waals surface area contributed by atoms with Crippen molar-refractivity contribution in [3.8, 4) is 5.75 Å². The topological polar surface area (TPSA) is 98.8 Å². The van der Waals surface area contributed by atoms with Crippen LogP contribution in [0.4, 0.5) is 5.69 Å². The predicted octanol–water partition coefficient (Wildman–Crippen LogP) is 3.94. The molecule has 0 heterocycles. The lowest BCUT2D eigenvalue weighted by Gasteiger charge is -2.19. The fourth-order valence-electron chi connectivity index (χ4n) is 3.03. The van der Waals surface area contributed by atoms with Crippen molar-refractivity contribution >= 4 is 27.4 Å². The number of ether oxygens (including phenoxy) is 2.